The minimum atomic E-state index is 0.0900. The van der Waals surface area contributed by atoms with Crippen molar-refractivity contribution >= 4 is 0 Å². The quantitative estimate of drug-likeness (QED) is 0.793. The van der Waals surface area contributed by atoms with Gasteiger partial charge in [-0.15, -0.1) is 0 Å². The Morgan fingerprint density at radius 3 is 2.53 bits per heavy atom. The first-order chi connectivity index (χ1) is 7.17. The van der Waals surface area contributed by atoms with E-state index in [1.54, 1.807) is 7.11 Å². The van der Waals surface area contributed by atoms with Crippen LogP contribution >= 0.6 is 0 Å². The number of aliphatic hydroxyl groups excluding tert-OH is 1. The van der Waals surface area contributed by atoms with Crippen molar-refractivity contribution in [3.05, 3.63) is 29.3 Å². The van der Waals surface area contributed by atoms with Gasteiger partial charge in [-0.3, -0.25) is 0 Å². The molecule has 1 aromatic rings. The molecule has 15 heavy (non-hydrogen) atoms. The Morgan fingerprint density at radius 1 is 1.27 bits per heavy atom. The lowest BCUT2D eigenvalue weighted by Crippen LogP contribution is -2.15. The summed E-state index contributed by atoms with van der Waals surface area (Å²) in [5, 5.41) is 9.19. The van der Waals surface area contributed by atoms with E-state index in [1.165, 1.54) is 0 Å². The zero-order valence-corrected chi connectivity index (χ0v) is 9.66. The summed E-state index contributed by atoms with van der Waals surface area (Å²) in [7, 11) is 5.74. The summed E-state index contributed by atoms with van der Waals surface area (Å²) in [5.74, 6) is 0.848. The van der Waals surface area contributed by atoms with Crippen LogP contribution in [0.5, 0.6) is 5.75 Å². The van der Waals surface area contributed by atoms with Crippen LogP contribution in [0.2, 0.25) is 0 Å². The lowest BCUT2D eigenvalue weighted by Gasteiger charge is -2.13. The van der Waals surface area contributed by atoms with Gasteiger partial charge in [0.05, 0.1) is 13.7 Å². The Kier molecular flexibility index (Phi) is 4.59. The van der Waals surface area contributed by atoms with E-state index in [2.05, 4.69) is 4.90 Å². The molecule has 0 spiro atoms. The Morgan fingerprint density at radius 2 is 2.00 bits per heavy atom. The highest BCUT2D eigenvalue weighted by molar-refractivity contribution is 5.35. The van der Waals surface area contributed by atoms with Gasteiger partial charge >= 0.3 is 0 Å². The van der Waals surface area contributed by atoms with Gasteiger partial charge in [-0.05, 0) is 43.8 Å². The zero-order valence-electron chi connectivity index (χ0n) is 9.66. The molecule has 0 aliphatic heterocycles. The van der Waals surface area contributed by atoms with Crippen molar-refractivity contribution in [3.8, 4) is 5.75 Å². The molecule has 3 nitrogen and oxygen atoms in total. The minimum absolute atomic E-state index is 0.0900. The van der Waals surface area contributed by atoms with E-state index < -0.39 is 0 Å². The van der Waals surface area contributed by atoms with Crippen molar-refractivity contribution in [3.63, 3.8) is 0 Å². The first-order valence-corrected chi connectivity index (χ1v) is 5.08. The van der Waals surface area contributed by atoms with Crippen LogP contribution < -0.4 is 4.74 Å². The summed E-state index contributed by atoms with van der Waals surface area (Å²) in [6.07, 6.45) is 0.931. The molecule has 0 heterocycles. The molecule has 0 saturated heterocycles. The third kappa shape index (κ3) is 3.53. The summed E-state index contributed by atoms with van der Waals surface area (Å²) < 4.78 is 5.17. The molecule has 0 bridgehead atoms. The zero-order chi connectivity index (χ0) is 11.3. The topological polar surface area (TPSA) is 32.7 Å². The van der Waals surface area contributed by atoms with Crippen LogP contribution in [0.15, 0.2) is 18.2 Å². The second-order valence-corrected chi connectivity index (χ2v) is 3.85. The van der Waals surface area contributed by atoms with Crippen LogP contribution in [0.4, 0.5) is 0 Å². The van der Waals surface area contributed by atoms with Crippen molar-refractivity contribution in [2.24, 2.45) is 0 Å². The average molecular weight is 209 g/mol. The highest BCUT2D eigenvalue weighted by atomic mass is 16.5. The third-order valence-corrected chi connectivity index (χ3v) is 2.41. The number of methoxy groups -OCH3 is 1. The summed E-state index contributed by atoms with van der Waals surface area (Å²) in [4.78, 5) is 2.13. The fourth-order valence-electron chi connectivity index (χ4n) is 1.46. The molecule has 0 fully saturated rings. The standard InChI is InChI=1S/C12H19NO2/c1-13(2)7-6-10-8-12(15-3)5-4-11(10)9-14/h4-5,8,14H,6-7,9H2,1-3H3. The van der Waals surface area contributed by atoms with Gasteiger partial charge in [0.1, 0.15) is 5.75 Å². The average Bonchev–Trinajstić information content (AvgIpc) is 2.25. The molecule has 84 valence electrons. The number of rotatable bonds is 5. The molecule has 0 aliphatic rings. The van der Waals surface area contributed by atoms with Gasteiger partial charge in [0.25, 0.3) is 0 Å². The number of ether oxygens (including phenoxy) is 1. The Balaban J connectivity index is 2.81. The molecule has 0 aromatic heterocycles. The molecule has 0 amide bonds. The van der Waals surface area contributed by atoms with Gasteiger partial charge in [-0.2, -0.15) is 0 Å². The van der Waals surface area contributed by atoms with E-state index in [1.807, 2.05) is 32.3 Å². The Labute approximate surface area is 91.3 Å². The predicted molar refractivity (Wildman–Crippen MR) is 61.2 cm³/mol. The number of benzene rings is 1. The fourth-order valence-corrected chi connectivity index (χ4v) is 1.46. The molecule has 1 N–H and O–H groups in total. The van der Waals surface area contributed by atoms with Crippen LogP contribution in [0, 0.1) is 0 Å². The Hall–Kier alpha value is -1.06. The second kappa shape index (κ2) is 5.73. The van der Waals surface area contributed by atoms with E-state index in [9.17, 15) is 5.11 Å². The molecule has 0 saturated carbocycles. The Bertz CT molecular complexity index is 310. The second-order valence-electron chi connectivity index (χ2n) is 3.85. The maximum atomic E-state index is 9.19. The molecular formula is C12H19NO2. The van der Waals surface area contributed by atoms with Crippen LogP contribution in [-0.4, -0.2) is 37.8 Å². The van der Waals surface area contributed by atoms with Gasteiger partial charge in [0.15, 0.2) is 0 Å². The van der Waals surface area contributed by atoms with Gasteiger partial charge in [-0.1, -0.05) is 6.07 Å². The van der Waals surface area contributed by atoms with Crippen LogP contribution in [0.3, 0.4) is 0 Å². The normalized spacial score (nSPS) is 10.7. The van der Waals surface area contributed by atoms with E-state index in [0.29, 0.717) is 0 Å². The molecule has 0 atom stereocenters. The van der Waals surface area contributed by atoms with Crippen LogP contribution in [0.1, 0.15) is 11.1 Å². The van der Waals surface area contributed by atoms with Gasteiger partial charge in [0, 0.05) is 6.54 Å². The van der Waals surface area contributed by atoms with Crippen molar-refractivity contribution < 1.29 is 9.84 Å². The fraction of sp³-hybridized carbons (Fsp3) is 0.500. The lowest BCUT2D eigenvalue weighted by molar-refractivity contribution is 0.279. The van der Waals surface area contributed by atoms with Crippen LogP contribution in [-0.2, 0) is 13.0 Å². The number of likely N-dealkylation sites (N-methyl/N-ethyl adjacent to an activating group) is 1. The number of aliphatic hydroxyl groups is 1. The number of hydrogen-bond acceptors (Lipinski definition) is 3. The molecule has 0 unspecified atom stereocenters. The van der Waals surface area contributed by atoms with Crippen molar-refractivity contribution in [2.75, 3.05) is 27.7 Å². The number of hydrogen-bond donors (Lipinski definition) is 1. The third-order valence-electron chi connectivity index (χ3n) is 2.41. The molecule has 0 radical (unpaired) electrons. The molecule has 1 aromatic carbocycles. The SMILES string of the molecule is COc1ccc(CO)c(CCN(C)C)c1. The molecule has 0 aliphatic carbocycles. The largest absolute Gasteiger partial charge is 0.497 e. The summed E-state index contributed by atoms with van der Waals surface area (Å²) in [6, 6.07) is 5.80. The van der Waals surface area contributed by atoms with E-state index >= 15 is 0 Å². The van der Waals surface area contributed by atoms with E-state index in [0.717, 1.165) is 29.8 Å². The van der Waals surface area contributed by atoms with Crippen LogP contribution in [0.25, 0.3) is 0 Å². The lowest BCUT2D eigenvalue weighted by atomic mass is 10.0. The summed E-state index contributed by atoms with van der Waals surface area (Å²) >= 11 is 0. The first-order valence-electron chi connectivity index (χ1n) is 5.08. The van der Waals surface area contributed by atoms with Crippen molar-refractivity contribution in [1.29, 1.82) is 0 Å². The van der Waals surface area contributed by atoms with E-state index in [4.69, 9.17) is 4.74 Å². The highest BCUT2D eigenvalue weighted by Gasteiger charge is 2.04. The van der Waals surface area contributed by atoms with Crippen molar-refractivity contribution in [2.45, 2.75) is 13.0 Å². The molecular weight excluding hydrogens is 190 g/mol. The maximum Gasteiger partial charge on any atom is 0.119 e. The smallest absolute Gasteiger partial charge is 0.119 e. The maximum absolute atomic E-state index is 9.19. The number of nitrogens with zero attached hydrogens (tertiary/aromatic N) is 1. The van der Waals surface area contributed by atoms with Crippen molar-refractivity contribution in [1.82, 2.24) is 4.90 Å². The monoisotopic (exact) mass is 209 g/mol. The molecule has 1 rings (SSSR count). The molecule has 3 heteroatoms. The first kappa shape index (κ1) is 12.0. The highest BCUT2D eigenvalue weighted by Crippen LogP contribution is 2.18. The van der Waals surface area contributed by atoms with Gasteiger partial charge in [0.2, 0.25) is 0 Å². The summed E-state index contributed by atoms with van der Waals surface area (Å²) in [5.41, 5.74) is 2.14. The summed E-state index contributed by atoms with van der Waals surface area (Å²) in [6.45, 7) is 1.06. The predicted octanol–water partition coefficient (Wildman–Crippen LogP) is 1.29. The van der Waals surface area contributed by atoms with Gasteiger partial charge < -0.3 is 14.7 Å². The van der Waals surface area contributed by atoms with Gasteiger partial charge in [-0.25, -0.2) is 0 Å². The van der Waals surface area contributed by atoms with E-state index in [-0.39, 0.29) is 6.61 Å². The minimum Gasteiger partial charge on any atom is -0.497 e.